The van der Waals surface area contributed by atoms with Crippen molar-refractivity contribution in [3.8, 4) is 11.1 Å². The number of aryl methyl sites for hydroxylation is 1. The second-order valence-electron chi connectivity index (χ2n) is 7.10. The first-order valence-corrected chi connectivity index (χ1v) is 8.93. The Kier molecular flexibility index (Phi) is 5.41. The highest BCUT2D eigenvalue weighted by molar-refractivity contribution is 5.83. The standard InChI is InChI=1S/C20H23F2N3O2/c1-12(18(23)20(27)25-8-7-16(21)11-25)13-3-5-14(6-4-13)15-9-17(22)19(26)24(2)10-15/h3-6,9-10,12,16,18H,7-8,11,23H2,1-2H3/t12-,16-,18-/m0/s1. The van der Waals surface area contributed by atoms with E-state index in [1.165, 1.54) is 22.6 Å². The van der Waals surface area contributed by atoms with E-state index in [1.807, 2.05) is 19.1 Å². The Bertz CT molecular complexity index is 869. The molecule has 27 heavy (non-hydrogen) atoms. The number of alkyl halides is 1. The lowest BCUT2D eigenvalue weighted by Gasteiger charge is -2.25. The average Bonchev–Trinajstić information content (AvgIpc) is 3.10. The van der Waals surface area contributed by atoms with Crippen LogP contribution >= 0.6 is 0 Å². The number of carbonyl (C=O) groups excluding carboxylic acids is 1. The van der Waals surface area contributed by atoms with Gasteiger partial charge >= 0.3 is 0 Å². The fraction of sp³-hybridized carbons (Fsp3) is 0.400. The molecule has 1 amide bonds. The topological polar surface area (TPSA) is 68.3 Å². The molecule has 0 aliphatic carbocycles. The number of amides is 1. The second kappa shape index (κ2) is 7.60. The first-order chi connectivity index (χ1) is 12.8. The molecule has 1 aliphatic heterocycles. The predicted molar refractivity (Wildman–Crippen MR) is 99.6 cm³/mol. The van der Waals surface area contributed by atoms with Gasteiger partial charge in [-0.2, -0.15) is 0 Å². The monoisotopic (exact) mass is 375 g/mol. The van der Waals surface area contributed by atoms with Crippen LogP contribution in [0.4, 0.5) is 8.78 Å². The maximum absolute atomic E-state index is 13.7. The zero-order valence-electron chi connectivity index (χ0n) is 15.4. The van der Waals surface area contributed by atoms with Crippen molar-refractivity contribution in [2.45, 2.75) is 31.5 Å². The van der Waals surface area contributed by atoms with Gasteiger partial charge in [-0.1, -0.05) is 31.2 Å². The Morgan fingerprint density at radius 3 is 2.48 bits per heavy atom. The van der Waals surface area contributed by atoms with Crippen molar-refractivity contribution < 1.29 is 13.6 Å². The molecule has 2 heterocycles. The first-order valence-electron chi connectivity index (χ1n) is 8.93. The molecule has 3 atom stereocenters. The van der Waals surface area contributed by atoms with E-state index in [1.54, 1.807) is 18.3 Å². The second-order valence-corrected chi connectivity index (χ2v) is 7.10. The summed E-state index contributed by atoms with van der Waals surface area (Å²) in [6, 6.07) is 7.72. The third-order valence-corrected chi connectivity index (χ3v) is 5.18. The summed E-state index contributed by atoms with van der Waals surface area (Å²) in [4.78, 5) is 25.4. The van der Waals surface area contributed by atoms with Crippen LogP contribution in [0.3, 0.4) is 0 Å². The van der Waals surface area contributed by atoms with E-state index >= 15 is 0 Å². The van der Waals surface area contributed by atoms with Crippen molar-refractivity contribution in [2.75, 3.05) is 13.1 Å². The molecule has 144 valence electrons. The third-order valence-electron chi connectivity index (χ3n) is 5.18. The van der Waals surface area contributed by atoms with Crippen molar-refractivity contribution >= 4 is 5.91 Å². The van der Waals surface area contributed by atoms with Gasteiger partial charge < -0.3 is 15.2 Å². The van der Waals surface area contributed by atoms with E-state index < -0.39 is 23.6 Å². The Balaban J connectivity index is 1.76. The van der Waals surface area contributed by atoms with E-state index in [0.29, 0.717) is 18.5 Å². The van der Waals surface area contributed by atoms with Gasteiger partial charge in [0.15, 0.2) is 5.82 Å². The van der Waals surface area contributed by atoms with E-state index in [9.17, 15) is 18.4 Å². The predicted octanol–water partition coefficient (Wildman–Crippen LogP) is 2.19. The molecule has 2 N–H and O–H groups in total. The van der Waals surface area contributed by atoms with Crippen molar-refractivity contribution in [3.63, 3.8) is 0 Å². The maximum Gasteiger partial charge on any atom is 0.286 e. The van der Waals surface area contributed by atoms with Crippen LogP contribution in [0.25, 0.3) is 11.1 Å². The van der Waals surface area contributed by atoms with Crippen molar-refractivity contribution in [2.24, 2.45) is 12.8 Å². The normalized spacial score (nSPS) is 19.1. The van der Waals surface area contributed by atoms with Crippen LogP contribution < -0.4 is 11.3 Å². The van der Waals surface area contributed by atoms with Gasteiger partial charge in [0.05, 0.1) is 12.6 Å². The zero-order chi connectivity index (χ0) is 19.7. The molecular weight excluding hydrogens is 352 g/mol. The van der Waals surface area contributed by atoms with Crippen LogP contribution in [-0.4, -0.2) is 40.7 Å². The molecular formula is C20H23F2N3O2. The number of carbonyl (C=O) groups is 1. The molecule has 0 unspecified atom stereocenters. The summed E-state index contributed by atoms with van der Waals surface area (Å²) in [6.45, 7) is 2.36. The summed E-state index contributed by atoms with van der Waals surface area (Å²) >= 11 is 0. The number of halogens is 2. The highest BCUT2D eigenvalue weighted by Crippen LogP contribution is 2.25. The van der Waals surface area contributed by atoms with Gasteiger partial charge in [-0.15, -0.1) is 0 Å². The first kappa shape index (κ1) is 19.2. The van der Waals surface area contributed by atoms with Crippen LogP contribution in [0.15, 0.2) is 41.3 Å². The van der Waals surface area contributed by atoms with E-state index in [2.05, 4.69) is 0 Å². The number of likely N-dealkylation sites (tertiary alicyclic amines) is 1. The molecule has 1 saturated heterocycles. The van der Waals surface area contributed by atoms with Gasteiger partial charge in [0.1, 0.15) is 6.17 Å². The largest absolute Gasteiger partial charge is 0.338 e. The lowest BCUT2D eigenvalue weighted by Crippen LogP contribution is -2.45. The highest BCUT2D eigenvalue weighted by atomic mass is 19.1. The Hall–Kier alpha value is -2.54. The molecule has 7 heteroatoms. The molecule has 0 bridgehead atoms. The summed E-state index contributed by atoms with van der Waals surface area (Å²) in [5.41, 5.74) is 7.64. The molecule has 1 fully saturated rings. The number of aromatic nitrogens is 1. The number of pyridine rings is 1. The molecule has 2 aromatic rings. The number of nitrogens with zero attached hydrogens (tertiary/aromatic N) is 2. The molecule has 0 radical (unpaired) electrons. The van der Waals surface area contributed by atoms with Gasteiger partial charge in [0, 0.05) is 31.3 Å². The molecule has 0 saturated carbocycles. The van der Waals surface area contributed by atoms with Gasteiger partial charge in [-0.05, 0) is 23.6 Å². The third kappa shape index (κ3) is 3.93. The lowest BCUT2D eigenvalue weighted by molar-refractivity contribution is -0.132. The lowest BCUT2D eigenvalue weighted by atomic mass is 9.91. The van der Waals surface area contributed by atoms with Gasteiger partial charge in [-0.3, -0.25) is 9.59 Å². The Morgan fingerprint density at radius 1 is 1.26 bits per heavy atom. The molecule has 1 aliphatic rings. The fourth-order valence-corrected chi connectivity index (χ4v) is 3.36. The summed E-state index contributed by atoms with van der Waals surface area (Å²) in [6.07, 6.45) is 0.954. The minimum Gasteiger partial charge on any atom is -0.338 e. The van der Waals surface area contributed by atoms with Gasteiger partial charge in [0.25, 0.3) is 5.56 Å². The van der Waals surface area contributed by atoms with Crippen molar-refractivity contribution in [1.29, 1.82) is 0 Å². The van der Waals surface area contributed by atoms with Crippen molar-refractivity contribution in [3.05, 3.63) is 58.3 Å². The maximum atomic E-state index is 13.7. The van der Waals surface area contributed by atoms with Crippen LogP contribution in [0.1, 0.15) is 24.8 Å². The summed E-state index contributed by atoms with van der Waals surface area (Å²) in [5.74, 6) is -1.30. The smallest absolute Gasteiger partial charge is 0.286 e. The quantitative estimate of drug-likeness (QED) is 0.891. The zero-order valence-corrected chi connectivity index (χ0v) is 15.4. The summed E-state index contributed by atoms with van der Waals surface area (Å²) < 4.78 is 28.2. The number of nitrogens with two attached hydrogens (primary N) is 1. The molecule has 0 spiro atoms. The highest BCUT2D eigenvalue weighted by Gasteiger charge is 2.32. The number of hydrogen-bond acceptors (Lipinski definition) is 3. The molecule has 1 aromatic carbocycles. The molecule has 3 rings (SSSR count). The van der Waals surface area contributed by atoms with Crippen LogP contribution in [-0.2, 0) is 11.8 Å². The van der Waals surface area contributed by atoms with Gasteiger partial charge in [-0.25, -0.2) is 8.78 Å². The molecule has 1 aromatic heterocycles. The summed E-state index contributed by atoms with van der Waals surface area (Å²) in [5, 5.41) is 0. The van der Waals surface area contributed by atoms with Crippen LogP contribution in [0.5, 0.6) is 0 Å². The summed E-state index contributed by atoms with van der Waals surface area (Å²) in [7, 11) is 1.50. The van der Waals surface area contributed by atoms with Gasteiger partial charge in [0.2, 0.25) is 5.91 Å². The number of hydrogen-bond donors (Lipinski definition) is 1. The average molecular weight is 375 g/mol. The Labute approximate surface area is 156 Å². The number of benzene rings is 1. The van der Waals surface area contributed by atoms with Crippen LogP contribution in [0.2, 0.25) is 0 Å². The minimum atomic E-state index is -0.974. The minimum absolute atomic E-state index is 0.108. The fourth-order valence-electron chi connectivity index (χ4n) is 3.36. The van der Waals surface area contributed by atoms with E-state index in [-0.39, 0.29) is 18.4 Å². The SMILES string of the molecule is C[C@@H](c1ccc(-c2cc(F)c(=O)n(C)c2)cc1)[C@H](N)C(=O)N1CC[C@H](F)C1. The Morgan fingerprint density at radius 2 is 1.93 bits per heavy atom. The molecule has 5 nitrogen and oxygen atoms in total. The van der Waals surface area contributed by atoms with E-state index in [0.717, 1.165) is 11.1 Å². The number of rotatable bonds is 4. The van der Waals surface area contributed by atoms with Crippen LogP contribution in [0, 0.1) is 5.82 Å². The van der Waals surface area contributed by atoms with Crippen molar-refractivity contribution in [1.82, 2.24) is 9.47 Å². The van der Waals surface area contributed by atoms with E-state index in [4.69, 9.17) is 5.73 Å².